The van der Waals surface area contributed by atoms with E-state index >= 15 is 0 Å². The van der Waals surface area contributed by atoms with E-state index < -0.39 is 12.2 Å². The summed E-state index contributed by atoms with van der Waals surface area (Å²) in [5.41, 5.74) is 0. The number of ether oxygens (including phenoxy) is 1. The van der Waals surface area contributed by atoms with Crippen LogP contribution in [0.3, 0.4) is 0 Å². The minimum Gasteiger partial charge on any atom is -0.465 e. The number of esters is 1. The summed E-state index contributed by atoms with van der Waals surface area (Å²) >= 11 is 0. The highest BCUT2D eigenvalue weighted by atomic mass is 16.5. The molecule has 94 valence electrons. The molecule has 1 unspecified atom stereocenters. The van der Waals surface area contributed by atoms with Crippen molar-refractivity contribution in [2.24, 2.45) is 0 Å². The van der Waals surface area contributed by atoms with Crippen molar-refractivity contribution in [3.63, 3.8) is 0 Å². The van der Waals surface area contributed by atoms with E-state index in [1.807, 2.05) is 6.92 Å². The lowest BCUT2D eigenvalue weighted by atomic mass is 10.1. The number of β-amino-alcohol motifs (C(OH)–C–C–N with tert-alkyl or cyclic N) is 2. The number of hydrogen-bond donors (Lipinski definition) is 2. The smallest absolute Gasteiger partial charge is 0.323 e. The lowest BCUT2D eigenvalue weighted by molar-refractivity contribution is -0.149. The largest absolute Gasteiger partial charge is 0.465 e. The van der Waals surface area contributed by atoms with Gasteiger partial charge < -0.3 is 14.9 Å². The van der Waals surface area contributed by atoms with Crippen LogP contribution in [-0.2, 0) is 9.53 Å². The quantitative estimate of drug-likeness (QED) is 0.639. The first-order valence-electron chi connectivity index (χ1n) is 5.86. The summed E-state index contributed by atoms with van der Waals surface area (Å²) in [7, 11) is 0. The van der Waals surface area contributed by atoms with E-state index in [-0.39, 0.29) is 12.0 Å². The van der Waals surface area contributed by atoms with E-state index in [0.29, 0.717) is 26.1 Å². The van der Waals surface area contributed by atoms with Crippen molar-refractivity contribution in [1.82, 2.24) is 4.90 Å². The molecule has 2 N–H and O–H groups in total. The van der Waals surface area contributed by atoms with Crippen molar-refractivity contribution in [1.29, 1.82) is 0 Å². The monoisotopic (exact) mass is 231 g/mol. The van der Waals surface area contributed by atoms with Crippen LogP contribution in [0.4, 0.5) is 0 Å². The Kier molecular flexibility index (Phi) is 5.18. The van der Waals surface area contributed by atoms with Crippen LogP contribution in [0.2, 0.25) is 0 Å². The second kappa shape index (κ2) is 6.18. The van der Waals surface area contributed by atoms with Gasteiger partial charge in [0.05, 0.1) is 18.8 Å². The molecule has 5 nitrogen and oxygen atoms in total. The van der Waals surface area contributed by atoms with Gasteiger partial charge in [-0.1, -0.05) is 13.3 Å². The average Bonchev–Trinajstić information content (AvgIpc) is 2.55. The Morgan fingerprint density at radius 2 is 1.94 bits per heavy atom. The summed E-state index contributed by atoms with van der Waals surface area (Å²) < 4.78 is 5.00. The summed E-state index contributed by atoms with van der Waals surface area (Å²) in [6.45, 7) is 4.80. The molecule has 16 heavy (non-hydrogen) atoms. The predicted molar refractivity (Wildman–Crippen MR) is 58.9 cm³/mol. The summed E-state index contributed by atoms with van der Waals surface area (Å²) in [5.74, 6) is -0.259. The third kappa shape index (κ3) is 3.17. The third-order valence-corrected chi connectivity index (χ3v) is 2.85. The highest BCUT2D eigenvalue weighted by molar-refractivity contribution is 5.75. The van der Waals surface area contributed by atoms with E-state index in [1.54, 1.807) is 11.8 Å². The van der Waals surface area contributed by atoms with Gasteiger partial charge in [-0.05, 0) is 13.3 Å². The molecule has 5 heteroatoms. The second-order valence-corrected chi connectivity index (χ2v) is 4.15. The number of likely N-dealkylation sites (tertiary alicyclic amines) is 1. The van der Waals surface area contributed by atoms with Crippen LogP contribution >= 0.6 is 0 Å². The molecule has 1 fully saturated rings. The maximum Gasteiger partial charge on any atom is 0.323 e. The topological polar surface area (TPSA) is 70.0 Å². The molecular weight excluding hydrogens is 210 g/mol. The number of carbonyl (C=O) groups is 1. The van der Waals surface area contributed by atoms with E-state index in [1.165, 1.54) is 0 Å². The normalized spacial score (nSPS) is 28.0. The van der Waals surface area contributed by atoms with E-state index in [2.05, 4.69) is 0 Å². The molecule has 0 aromatic carbocycles. The van der Waals surface area contributed by atoms with Crippen LogP contribution < -0.4 is 0 Å². The minimum atomic E-state index is -0.756. The van der Waals surface area contributed by atoms with E-state index in [0.717, 1.165) is 6.42 Å². The molecule has 0 aromatic heterocycles. The van der Waals surface area contributed by atoms with Crippen LogP contribution in [-0.4, -0.2) is 59.0 Å². The van der Waals surface area contributed by atoms with Crippen molar-refractivity contribution in [3.05, 3.63) is 0 Å². The zero-order valence-corrected chi connectivity index (χ0v) is 9.93. The van der Waals surface area contributed by atoms with Gasteiger partial charge in [-0.2, -0.15) is 0 Å². The first kappa shape index (κ1) is 13.4. The van der Waals surface area contributed by atoms with Gasteiger partial charge in [-0.3, -0.25) is 9.69 Å². The Bertz CT molecular complexity index is 224. The molecule has 0 spiro atoms. The molecule has 0 amide bonds. The van der Waals surface area contributed by atoms with Crippen molar-refractivity contribution >= 4 is 5.97 Å². The molecule has 0 saturated carbocycles. The Morgan fingerprint density at radius 3 is 2.38 bits per heavy atom. The molecule has 0 bridgehead atoms. The summed E-state index contributed by atoms with van der Waals surface area (Å²) in [4.78, 5) is 13.5. The number of aliphatic hydroxyl groups is 2. The zero-order valence-electron chi connectivity index (χ0n) is 9.93. The predicted octanol–water partition coefficient (Wildman–Crippen LogP) is -0.244. The molecule has 1 aliphatic heterocycles. The van der Waals surface area contributed by atoms with Gasteiger partial charge >= 0.3 is 5.97 Å². The lowest BCUT2D eigenvalue weighted by Gasteiger charge is -2.25. The van der Waals surface area contributed by atoms with Gasteiger partial charge in [0, 0.05) is 13.1 Å². The zero-order chi connectivity index (χ0) is 12.1. The van der Waals surface area contributed by atoms with Crippen LogP contribution in [0, 0.1) is 0 Å². The standard InChI is InChI=1S/C11H21NO4/c1-3-5-8(11(15)16-4-2)12-6-9(13)10(14)7-12/h8-10,13-14H,3-7H2,1-2H3/t8?,9-,10+. The van der Waals surface area contributed by atoms with Crippen molar-refractivity contribution < 1.29 is 19.7 Å². The number of nitrogens with zero attached hydrogens (tertiary/aromatic N) is 1. The molecule has 0 aliphatic carbocycles. The van der Waals surface area contributed by atoms with Crippen LogP contribution in [0.25, 0.3) is 0 Å². The summed E-state index contributed by atoms with van der Waals surface area (Å²) in [6.07, 6.45) is 0.0485. The molecule has 1 rings (SSSR count). The van der Waals surface area contributed by atoms with Crippen molar-refractivity contribution in [3.8, 4) is 0 Å². The van der Waals surface area contributed by atoms with Crippen LogP contribution in [0.15, 0.2) is 0 Å². The SMILES string of the molecule is CCCC(C(=O)OCC)N1C[C@@H](O)[C@@H](O)C1. The van der Waals surface area contributed by atoms with Gasteiger partial charge in [-0.25, -0.2) is 0 Å². The fraction of sp³-hybridized carbons (Fsp3) is 0.909. The van der Waals surface area contributed by atoms with Gasteiger partial charge in [0.25, 0.3) is 0 Å². The van der Waals surface area contributed by atoms with Crippen LogP contribution in [0.1, 0.15) is 26.7 Å². The number of carbonyl (C=O) groups excluding carboxylic acids is 1. The third-order valence-electron chi connectivity index (χ3n) is 2.85. The first-order chi connectivity index (χ1) is 7.60. The minimum absolute atomic E-state index is 0.259. The summed E-state index contributed by atoms with van der Waals surface area (Å²) in [5, 5.41) is 18.9. The maximum atomic E-state index is 11.7. The van der Waals surface area contributed by atoms with Crippen molar-refractivity contribution in [2.75, 3.05) is 19.7 Å². The Hall–Kier alpha value is -0.650. The highest BCUT2D eigenvalue weighted by Gasteiger charge is 2.36. The average molecular weight is 231 g/mol. The summed E-state index contributed by atoms with van der Waals surface area (Å²) in [6, 6.07) is -0.336. The van der Waals surface area contributed by atoms with Gasteiger partial charge in [0.15, 0.2) is 0 Å². The molecule has 3 atom stereocenters. The highest BCUT2D eigenvalue weighted by Crippen LogP contribution is 2.17. The Morgan fingerprint density at radius 1 is 1.38 bits per heavy atom. The Labute approximate surface area is 96.0 Å². The molecule has 0 radical (unpaired) electrons. The van der Waals surface area contributed by atoms with Gasteiger partial charge in [0.1, 0.15) is 6.04 Å². The van der Waals surface area contributed by atoms with Crippen molar-refractivity contribution in [2.45, 2.75) is 44.9 Å². The molecule has 1 aliphatic rings. The second-order valence-electron chi connectivity index (χ2n) is 4.15. The van der Waals surface area contributed by atoms with E-state index in [9.17, 15) is 15.0 Å². The fourth-order valence-corrected chi connectivity index (χ4v) is 2.01. The molecule has 0 aromatic rings. The number of rotatable bonds is 5. The first-order valence-corrected chi connectivity index (χ1v) is 5.86. The number of aliphatic hydroxyl groups excluding tert-OH is 2. The molecule has 1 heterocycles. The molecule has 1 saturated heterocycles. The molecular formula is C11H21NO4. The van der Waals surface area contributed by atoms with Gasteiger partial charge in [0.2, 0.25) is 0 Å². The fourth-order valence-electron chi connectivity index (χ4n) is 2.01. The van der Waals surface area contributed by atoms with Crippen LogP contribution in [0.5, 0.6) is 0 Å². The lowest BCUT2D eigenvalue weighted by Crippen LogP contribution is -2.41. The van der Waals surface area contributed by atoms with E-state index in [4.69, 9.17) is 4.74 Å². The maximum absolute atomic E-state index is 11.7. The van der Waals surface area contributed by atoms with Gasteiger partial charge in [-0.15, -0.1) is 0 Å². The Balaban J connectivity index is 2.60. The number of hydrogen-bond acceptors (Lipinski definition) is 5.